The van der Waals surface area contributed by atoms with Crippen LogP contribution in [0, 0.1) is 33.1 Å². The molecule has 3 aliphatic heterocycles. The molecule has 3 amide bonds. The van der Waals surface area contributed by atoms with Crippen LogP contribution in [0.5, 0.6) is 0 Å². The van der Waals surface area contributed by atoms with Crippen molar-refractivity contribution in [2.24, 2.45) is 10.4 Å². The average Bonchev–Trinajstić information content (AvgIpc) is 4.11. The molecule has 364 valence electrons. The summed E-state index contributed by atoms with van der Waals surface area (Å²) in [6.45, 7) is 16.4. The Balaban J connectivity index is 0.910. The Bertz CT molecular complexity index is 3020. The van der Waals surface area contributed by atoms with Gasteiger partial charge in [-0.3, -0.25) is 28.7 Å². The lowest BCUT2D eigenvalue weighted by Crippen LogP contribution is -2.57. The van der Waals surface area contributed by atoms with Gasteiger partial charge in [0.1, 0.15) is 29.0 Å². The number of aliphatic hydroxyl groups is 1. The number of carbonyl (C=O) groups excluding carboxylic acids is 4. The van der Waals surface area contributed by atoms with E-state index in [0.29, 0.717) is 11.4 Å². The number of thiophene rings is 1. The summed E-state index contributed by atoms with van der Waals surface area (Å²) in [5.41, 5.74) is 11.2. The number of methoxy groups -OCH3 is 1. The Morgan fingerprint density at radius 2 is 1.67 bits per heavy atom. The first-order valence-corrected chi connectivity index (χ1v) is 25.4. The molecule has 6 heterocycles. The molecule has 3 aliphatic rings. The summed E-state index contributed by atoms with van der Waals surface area (Å²) < 4.78 is 7.08. The number of aliphatic hydroxyl groups excluding tert-OH is 1. The van der Waals surface area contributed by atoms with Crippen LogP contribution in [-0.2, 0) is 25.5 Å². The number of carbonyl (C=O) groups is 4. The number of hydrogen-bond acceptors (Lipinski definition) is 13. The summed E-state index contributed by atoms with van der Waals surface area (Å²) in [5, 5.41) is 26.8. The number of nitrogens with one attached hydrogen (secondary N) is 2. The van der Waals surface area contributed by atoms with E-state index in [1.165, 1.54) is 12.0 Å². The maximum atomic E-state index is 14.5. The molecule has 0 unspecified atom stereocenters. The summed E-state index contributed by atoms with van der Waals surface area (Å²) in [6.07, 6.45) is 0.851. The predicted molar refractivity (Wildman–Crippen MR) is 272 cm³/mol. The van der Waals surface area contributed by atoms with Gasteiger partial charge >= 0.3 is 5.97 Å². The van der Waals surface area contributed by atoms with E-state index in [-0.39, 0.29) is 37.3 Å². The SMILES string of the molecule is COC(=O)C[C@@H]1N=C(c2ccc(N3CCCc4cc(C(=O)N[C@H](C(=O)N5C[C@H](O)C[C@H]5C(=O)N[C@@H](C)c5ccc(-c6scnc6C)cc5)C(C)(C)C)ccc43)cc2)c2c(sc(C)c2C)-n2c(C)nnc21. The predicted octanol–water partition coefficient (Wildman–Crippen LogP) is 8.21. The molecular formula is C53H59N9O6S2. The van der Waals surface area contributed by atoms with Crippen LogP contribution in [0.2, 0.25) is 0 Å². The number of fused-ring (bicyclic) bond motifs is 4. The van der Waals surface area contributed by atoms with Crippen molar-refractivity contribution in [3.8, 4) is 15.4 Å². The van der Waals surface area contributed by atoms with Crippen molar-refractivity contribution in [2.45, 2.75) is 111 Å². The molecule has 0 spiro atoms. The van der Waals surface area contributed by atoms with E-state index in [1.807, 2.05) is 88.0 Å². The quantitative estimate of drug-likeness (QED) is 0.107. The largest absolute Gasteiger partial charge is 0.469 e. The molecule has 3 N–H and O–H groups in total. The fourth-order valence-corrected chi connectivity index (χ4v) is 11.8. The molecule has 0 bridgehead atoms. The molecule has 1 fully saturated rings. The van der Waals surface area contributed by atoms with Gasteiger partial charge in [-0.1, -0.05) is 57.2 Å². The number of anilines is 2. The summed E-state index contributed by atoms with van der Waals surface area (Å²) in [5.74, 6) is -0.249. The van der Waals surface area contributed by atoms with Crippen molar-refractivity contribution in [1.82, 2.24) is 35.3 Å². The Morgan fingerprint density at radius 1 is 0.943 bits per heavy atom. The number of nitrogens with zero attached hydrogens (tertiary/aromatic N) is 7. The van der Waals surface area contributed by atoms with Crippen molar-refractivity contribution in [1.29, 1.82) is 0 Å². The van der Waals surface area contributed by atoms with Crippen LogP contribution in [0.25, 0.3) is 15.4 Å². The molecule has 1 saturated heterocycles. The Hall–Kier alpha value is -6.56. The topological polar surface area (TPSA) is 184 Å². The number of esters is 1. The van der Waals surface area contributed by atoms with Crippen molar-refractivity contribution in [3.05, 3.63) is 128 Å². The van der Waals surface area contributed by atoms with Gasteiger partial charge in [-0.25, -0.2) is 4.98 Å². The molecule has 0 aliphatic carbocycles. The smallest absolute Gasteiger partial charge is 0.308 e. The van der Waals surface area contributed by atoms with Crippen LogP contribution < -0.4 is 15.5 Å². The first-order chi connectivity index (χ1) is 33.4. The highest BCUT2D eigenvalue weighted by Gasteiger charge is 2.45. The maximum Gasteiger partial charge on any atom is 0.308 e. The Labute approximate surface area is 416 Å². The van der Waals surface area contributed by atoms with Gasteiger partial charge in [0, 0.05) is 52.5 Å². The number of aliphatic imine (C=N–C) groups is 1. The van der Waals surface area contributed by atoms with Crippen LogP contribution in [0.1, 0.15) is 119 Å². The molecule has 3 aromatic carbocycles. The molecule has 6 aromatic rings. The van der Waals surface area contributed by atoms with Crippen LogP contribution in [0.4, 0.5) is 11.4 Å². The average molecular weight is 982 g/mol. The number of hydrogen-bond donors (Lipinski definition) is 3. The monoisotopic (exact) mass is 981 g/mol. The van der Waals surface area contributed by atoms with Gasteiger partial charge in [-0.2, -0.15) is 0 Å². The van der Waals surface area contributed by atoms with Crippen LogP contribution >= 0.6 is 22.7 Å². The van der Waals surface area contributed by atoms with E-state index >= 15 is 0 Å². The number of amides is 3. The number of ether oxygens (including phenoxy) is 1. The summed E-state index contributed by atoms with van der Waals surface area (Å²) in [4.78, 5) is 70.7. The Kier molecular flexibility index (Phi) is 13.4. The number of thiazole rings is 1. The first-order valence-electron chi connectivity index (χ1n) is 23.7. The normalized spacial score (nSPS) is 18.5. The van der Waals surface area contributed by atoms with E-state index in [4.69, 9.17) is 9.73 Å². The van der Waals surface area contributed by atoms with Crippen molar-refractivity contribution >= 4 is 63.5 Å². The lowest BCUT2D eigenvalue weighted by Gasteiger charge is -2.36. The first kappa shape index (κ1) is 48.5. The number of benzene rings is 3. The second-order valence-corrected chi connectivity index (χ2v) is 21.7. The van der Waals surface area contributed by atoms with Gasteiger partial charge in [0.05, 0.1) is 47.5 Å². The lowest BCUT2D eigenvalue weighted by atomic mass is 9.85. The van der Waals surface area contributed by atoms with Gasteiger partial charge in [0.15, 0.2) is 5.82 Å². The molecule has 9 rings (SSSR count). The number of rotatable bonds is 11. The summed E-state index contributed by atoms with van der Waals surface area (Å²) >= 11 is 3.24. The van der Waals surface area contributed by atoms with Crippen molar-refractivity contribution in [2.75, 3.05) is 25.1 Å². The summed E-state index contributed by atoms with van der Waals surface area (Å²) in [7, 11) is 1.37. The molecule has 5 atom stereocenters. The number of aromatic nitrogens is 4. The van der Waals surface area contributed by atoms with Gasteiger partial charge in [-0.15, -0.1) is 32.9 Å². The maximum absolute atomic E-state index is 14.5. The van der Waals surface area contributed by atoms with Gasteiger partial charge in [0.2, 0.25) is 11.8 Å². The third-order valence-corrected chi connectivity index (χ3v) is 15.9. The highest BCUT2D eigenvalue weighted by atomic mass is 32.1. The highest BCUT2D eigenvalue weighted by molar-refractivity contribution is 7.15. The molecule has 15 nitrogen and oxygen atoms in total. The van der Waals surface area contributed by atoms with E-state index in [9.17, 15) is 24.3 Å². The number of aryl methyl sites for hydroxylation is 4. The summed E-state index contributed by atoms with van der Waals surface area (Å²) in [6, 6.07) is 19.1. The Morgan fingerprint density at radius 3 is 2.36 bits per heavy atom. The zero-order valence-corrected chi connectivity index (χ0v) is 42.6. The third-order valence-electron chi connectivity index (χ3n) is 13.8. The number of β-amino-alcohol motifs (C(OH)–C–C–N with tert-alkyl or cyclic N) is 1. The molecule has 70 heavy (non-hydrogen) atoms. The number of likely N-dealkylation sites (tertiary alicyclic amines) is 1. The van der Waals surface area contributed by atoms with Gasteiger partial charge in [0.25, 0.3) is 5.91 Å². The second-order valence-electron chi connectivity index (χ2n) is 19.6. The second kappa shape index (κ2) is 19.3. The molecule has 3 aromatic heterocycles. The van der Waals surface area contributed by atoms with Gasteiger partial charge < -0.3 is 30.3 Å². The van der Waals surface area contributed by atoms with Gasteiger partial charge in [-0.05, 0) is 105 Å². The van der Waals surface area contributed by atoms with E-state index < -0.39 is 41.5 Å². The van der Waals surface area contributed by atoms with Crippen LogP contribution in [-0.4, -0.2) is 97.5 Å². The standard InChI is InChI=1S/C53H59N9O6S2/c1-28-31(4)70-52-44(28)45(56-40(25-43(64)68-9)48-59-58-32(5)62(48)52)34-16-19-38(20-17-34)60-22-10-11-36-23-37(18-21-41(36)60)49(65)57-47(53(6,7)8)51(67)61-26-39(63)24-42(61)50(66)55-29(2)33-12-14-35(15-13-33)46-30(3)54-27-69-46/h12-21,23,27,29,39-40,42,47,63H,10-11,22,24-26H2,1-9H3,(H,55,66)(H,57,65)/t29-,39+,40-,42-,47+/m0/s1. The minimum absolute atomic E-state index is 0.0198. The zero-order valence-electron chi connectivity index (χ0n) is 41.0. The molecular weight excluding hydrogens is 923 g/mol. The van der Waals surface area contributed by atoms with E-state index in [2.05, 4.69) is 68.8 Å². The zero-order chi connectivity index (χ0) is 49.8. The van der Waals surface area contributed by atoms with E-state index in [1.54, 1.807) is 28.7 Å². The fraction of sp³-hybridized carbons (Fsp3) is 0.396. The third kappa shape index (κ3) is 9.29. The highest BCUT2D eigenvalue weighted by Crippen LogP contribution is 2.41. The van der Waals surface area contributed by atoms with Crippen molar-refractivity contribution in [3.63, 3.8) is 0 Å². The van der Waals surface area contributed by atoms with Crippen LogP contribution in [0.3, 0.4) is 0 Å². The minimum Gasteiger partial charge on any atom is -0.469 e. The molecule has 17 heteroatoms. The molecule has 0 radical (unpaired) electrons. The van der Waals surface area contributed by atoms with Crippen LogP contribution in [0.15, 0.2) is 77.2 Å². The minimum atomic E-state index is -0.986. The lowest BCUT2D eigenvalue weighted by molar-refractivity contribution is -0.142. The fourth-order valence-electron chi connectivity index (χ4n) is 9.80. The molecule has 0 saturated carbocycles. The van der Waals surface area contributed by atoms with Crippen molar-refractivity contribution < 1.29 is 29.0 Å². The van der Waals surface area contributed by atoms with E-state index in [0.717, 1.165) is 96.1 Å².